The predicted molar refractivity (Wildman–Crippen MR) is 80.6 cm³/mol. The third-order valence-corrected chi connectivity index (χ3v) is 4.49. The number of benzene rings is 1. The molecule has 2 nitrogen and oxygen atoms in total. The van der Waals surface area contributed by atoms with Crippen LogP contribution in [0.1, 0.15) is 24.8 Å². The lowest BCUT2D eigenvalue weighted by Crippen LogP contribution is -2.31. The second-order valence-electron chi connectivity index (χ2n) is 5.46. The maximum atomic E-state index is 13.1. The second-order valence-corrected chi connectivity index (χ2v) is 6.31. The lowest BCUT2D eigenvalue weighted by Gasteiger charge is -2.28. The highest BCUT2D eigenvalue weighted by atomic mass is 79.9. The summed E-state index contributed by atoms with van der Waals surface area (Å²) in [5.74, 6) is 0.665. The fourth-order valence-corrected chi connectivity index (χ4v) is 2.97. The van der Waals surface area contributed by atoms with Crippen LogP contribution in [0.3, 0.4) is 0 Å². The number of likely N-dealkylation sites (tertiary alicyclic amines) is 1. The fraction of sp³-hybridized carbons (Fsp3) is 0.600. The molecule has 0 atom stereocenters. The van der Waals surface area contributed by atoms with Crippen molar-refractivity contribution in [2.75, 3.05) is 26.7 Å². The quantitative estimate of drug-likeness (QED) is 0.833. The average Bonchev–Trinajstić information content (AvgIpc) is 2.41. The maximum Gasteiger partial charge on any atom is 0.137 e. The Labute approximate surface area is 123 Å². The highest BCUT2D eigenvalue weighted by Crippen LogP contribution is 2.19. The number of hydrogen-bond acceptors (Lipinski definition) is 2. The van der Waals surface area contributed by atoms with E-state index in [1.54, 1.807) is 0 Å². The average molecular weight is 329 g/mol. The van der Waals surface area contributed by atoms with Crippen molar-refractivity contribution >= 4 is 15.9 Å². The molecule has 19 heavy (non-hydrogen) atoms. The second kappa shape index (κ2) is 7.36. The normalized spacial score (nSPS) is 17.8. The first-order valence-electron chi connectivity index (χ1n) is 6.98. The van der Waals surface area contributed by atoms with Gasteiger partial charge in [-0.25, -0.2) is 4.39 Å². The number of nitrogens with zero attached hydrogens (tertiary/aromatic N) is 1. The van der Waals surface area contributed by atoms with Crippen LogP contribution in [0.4, 0.5) is 4.39 Å². The molecule has 0 bridgehead atoms. The van der Waals surface area contributed by atoms with Gasteiger partial charge in [-0.15, -0.1) is 0 Å². The van der Waals surface area contributed by atoms with Crippen LogP contribution in [0, 0.1) is 11.7 Å². The number of piperidine rings is 1. The molecule has 0 radical (unpaired) electrons. The fourth-order valence-electron chi connectivity index (χ4n) is 2.54. The molecule has 0 spiro atoms. The summed E-state index contributed by atoms with van der Waals surface area (Å²) >= 11 is 3.22. The molecule has 0 aromatic heterocycles. The summed E-state index contributed by atoms with van der Waals surface area (Å²) in [6.45, 7) is 4.32. The van der Waals surface area contributed by atoms with Crippen molar-refractivity contribution in [1.82, 2.24) is 10.2 Å². The van der Waals surface area contributed by atoms with E-state index in [9.17, 15) is 4.39 Å². The largest absolute Gasteiger partial charge is 0.313 e. The minimum atomic E-state index is -0.199. The van der Waals surface area contributed by atoms with Crippen LogP contribution in [0.25, 0.3) is 0 Å². The van der Waals surface area contributed by atoms with Gasteiger partial charge in [-0.2, -0.15) is 0 Å². The molecule has 0 saturated carbocycles. The molecular formula is C15H22BrFN2. The molecule has 1 aliphatic rings. The maximum absolute atomic E-state index is 13.1. The van der Waals surface area contributed by atoms with Gasteiger partial charge in [0, 0.05) is 6.54 Å². The molecular weight excluding hydrogens is 307 g/mol. The van der Waals surface area contributed by atoms with Gasteiger partial charge in [-0.05, 0) is 85.5 Å². The monoisotopic (exact) mass is 328 g/mol. The van der Waals surface area contributed by atoms with Crippen molar-refractivity contribution in [2.24, 2.45) is 5.92 Å². The smallest absolute Gasteiger partial charge is 0.137 e. The molecule has 2 rings (SSSR count). The highest BCUT2D eigenvalue weighted by molar-refractivity contribution is 9.10. The Hall–Kier alpha value is -0.450. The summed E-state index contributed by atoms with van der Waals surface area (Å²) in [7, 11) is 2.20. The van der Waals surface area contributed by atoms with Crippen molar-refractivity contribution < 1.29 is 4.39 Å². The van der Waals surface area contributed by atoms with Crippen molar-refractivity contribution in [3.05, 3.63) is 34.1 Å². The van der Waals surface area contributed by atoms with Crippen molar-refractivity contribution in [1.29, 1.82) is 0 Å². The number of hydrogen-bond donors (Lipinski definition) is 1. The van der Waals surface area contributed by atoms with Crippen molar-refractivity contribution in [3.63, 3.8) is 0 Å². The first kappa shape index (κ1) is 14.9. The molecule has 1 N–H and O–H groups in total. The van der Waals surface area contributed by atoms with Gasteiger partial charge in [-0.3, -0.25) is 0 Å². The summed E-state index contributed by atoms with van der Waals surface area (Å²) in [6, 6.07) is 5.19. The zero-order valence-electron chi connectivity index (χ0n) is 11.5. The Kier molecular flexibility index (Phi) is 5.79. The van der Waals surface area contributed by atoms with Crippen molar-refractivity contribution in [2.45, 2.75) is 25.8 Å². The van der Waals surface area contributed by atoms with E-state index < -0.39 is 0 Å². The Morgan fingerprint density at radius 3 is 2.79 bits per heavy atom. The summed E-state index contributed by atoms with van der Waals surface area (Å²) < 4.78 is 13.6. The van der Waals surface area contributed by atoms with Gasteiger partial charge >= 0.3 is 0 Å². The van der Waals surface area contributed by atoms with Crippen LogP contribution in [-0.2, 0) is 6.54 Å². The van der Waals surface area contributed by atoms with Crippen LogP contribution in [0.2, 0.25) is 0 Å². The topological polar surface area (TPSA) is 15.3 Å². The Morgan fingerprint density at radius 1 is 1.37 bits per heavy atom. The summed E-state index contributed by atoms with van der Waals surface area (Å²) in [4.78, 5) is 2.40. The van der Waals surface area contributed by atoms with Gasteiger partial charge in [0.05, 0.1) is 4.47 Å². The number of nitrogens with one attached hydrogen (secondary N) is 1. The van der Waals surface area contributed by atoms with Crippen molar-refractivity contribution in [3.8, 4) is 0 Å². The number of halogens is 2. The van der Waals surface area contributed by atoms with Gasteiger partial charge in [-0.1, -0.05) is 6.07 Å². The van der Waals surface area contributed by atoms with Gasteiger partial charge in [0.2, 0.25) is 0 Å². The third-order valence-electron chi connectivity index (χ3n) is 3.88. The van der Waals surface area contributed by atoms with Crippen LogP contribution in [0.15, 0.2) is 22.7 Å². The third kappa shape index (κ3) is 4.86. The van der Waals surface area contributed by atoms with E-state index in [-0.39, 0.29) is 5.82 Å². The summed E-state index contributed by atoms with van der Waals surface area (Å²) in [5, 5.41) is 3.45. The molecule has 4 heteroatoms. The van der Waals surface area contributed by atoms with Crippen LogP contribution in [0.5, 0.6) is 0 Å². The molecule has 0 aliphatic carbocycles. The molecule has 1 fully saturated rings. The van der Waals surface area contributed by atoms with E-state index in [2.05, 4.69) is 33.2 Å². The van der Waals surface area contributed by atoms with E-state index in [4.69, 9.17) is 0 Å². The van der Waals surface area contributed by atoms with Gasteiger partial charge < -0.3 is 10.2 Å². The first-order valence-corrected chi connectivity index (χ1v) is 7.77. The zero-order chi connectivity index (χ0) is 13.7. The Balaban J connectivity index is 1.65. The molecule has 0 unspecified atom stereocenters. The highest BCUT2D eigenvalue weighted by Gasteiger charge is 2.15. The zero-order valence-corrected chi connectivity index (χ0v) is 13.0. The molecule has 0 amide bonds. The SMILES string of the molecule is CN1CCC(CCNCc2ccc(F)c(Br)c2)CC1. The Bertz CT molecular complexity index is 403. The minimum absolute atomic E-state index is 0.199. The van der Waals surface area contributed by atoms with Gasteiger partial charge in [0.1, 0.15) is 5.82 Å². The van der Waals surface area contributed by atoms with Gasteiger partial charge in [0.25, 0.3) is 0 Å². The molecule has 1 aromatic carbocycles. The van der Waals surface area contributed by atoms with E-state index in [0.29, 0.717) is 4.47 Å². The van der Waals surface area contributed by atoms with E-state index >= 15 is 0 Å². The van der Waals surface area contributed by atoms with E-state index in [1.165, 1.54) is 38.4 Å². The molecule has 1 heterocycles. The van der Waals surface area contributed by atoms with Crippen LogP contribution >= 0.6 is 15.9 Å². The molecule has 106 valence electrons. The Morgan fingerprint density at radius 2 is 2.11 bits per heavy atom. The van der Waals surface area contributed by atoms with Gasteiger partial charge in [0.15, 0.2) is 0 Å². The summed E-state index contributed by atoms with van der Waals surface area (Å²) in [5.41, 5.74) is 1.12. The molecule has 1 saturated heterocycles. The molecule has 1 aromatic rings. The summed E-state index contributed by atoms with van der Waals surface area (Å²) in [6.07, 6.45) is 3.89. The lowest BCUT2D eigenvalue weighted by molar-refractivity contribution is 0.211. The van der Waals surface area contributed by atoms with Crippen LogP contribution < -0.4 is 5.32 Å². The molecule has 1 aliphatic heterocycles. The minimum Gasteiger partial charge on any atom is -0.313 e. The predicted octanol–water partition coefficient (Wildman–Crippen LogP) is 3.41. The van der Waals surface area contributed by atoms with E-state index in [1.807, 2.05) is 12.1 Å². The first-order chi connectivity index (χ1) is 9.15. The number of rotatable bonds is 5. The van der Waals surface area contributed by atoms with E-state index in [0.717, 1.165) is 24.6 Å². The lowest BCUT2D eigenvalue weighted by atomic mass is 9.94. The van der Waals surface area contributed by atoms with Crippen LogP contribution in [-0.4, -0.2) is 31.6 Å². The standard InChI is InChI=1S/C15H22BrFN2/c1-19-8-5-12(6-9-19)4-7-18-11-13-2-3-15(17)14(16)10-13/h2-3,10,12,18H,4-9,11H2,1H3.